The summed E-state index contributed by atoms with van der Waals surface area (Å²) in [6.07, 6.45) is 1.22. The highest BCUT2D eigenvalue weighted by Gasteiger charge is 2.22. The molecule has 1 N–H and O–H groups in total. The highest BCUT2D eigenvalue weighted by molar-refractivity contribution is 7.98. The molecular weight excluding hydrogens is 562 g/mol. The second-order valence-corrected chi connectivity index (χ2v) is 10.6. The minimum Gasteiger partial charge on any atom is -0.460 e. The Morgan fingerprint density at radius 2 is 1.37 bits per heavy atom. The van der Waals surface area contributed by atoms with Gasteiger partial charge >= 0.3 is 18.0 Å². The van der Waals surface area contributed by atoms with Crippen LogP contribution in [0.2, 0.25) is 0 Å². The van der Waals surface area contributed by atoms with Gasteiger partial charge in [0.25, 0.3) is 0 Å². The summed E-state index contributed by atoms with van der Waals surface area (Å²) < 4.78 is 16.9. The van der Waals surface area contributed by atoms with Gasteiger partial charge in [-0.15, -0.1) is 11.8 Å². The lowest BCUT2D eigenvalue weighted by molar-refractivity contribution is -0.138. The van der Waals surface area contributed by atoms with Crippen LogP contribution in [-0.2, 0) is 9.53 Å². The predicted octanol–water partition coefficient (Wildman–Crippen LogP) is 7.81. The van der Waals surface area contributed by atoms with E-state index >= 15 is 0 Å². The van der Waals surface area contributed by atoms with Crippen molar-refractivity contribution in [2.24, 2.45) is 0 Å². The third-order valence-corrected chi connectivity index (χ3v) is 7.42. The maximum Gasteiger partial charge on any atom is 0.412 e. The van der Waals surface area contributed by atoms with Crippen LogP contribution >= 0.6 is 11.8 Å². The van der Waals surface area contributed by atoms with Crippen molar-refractivity contribution in [1.82, 2.24) is 5.32 Å². The number of amides is 1. The summed E-state index contributed by atoms with van der Waals surface area (Å²) in [5.41, 5.74) is 1.90. The van der Waals surface area contributed by atoms with Crippen molar-refractivity contribution in [3.05, 3.63) is 115 Å². The summed E-state index contributed by atoms with van der Waals surface area (Å²) >= 11 is 1.54. The Hall–Kier alpha value is -5.08. The number of benzene rings is 5. The summed E-state index contributed by atoms with van der Waals surface area (Å²) in [4.78, 5) is 38.9. The molecule has 5 aromatic rings. The van der Waals surface area contributed by atoms with Crippen LogP contribution in [0.4, 0.5) is 4.79 Å². The van der Waals surface area contributed by atoms with Gasteiger partial charge in [-0.25, -0.2) is 14.4 Å². The van der Waals surface area contributed by atoms with Crippen molar-refractivity contribution in [2.75, 3.05) is 19.4 Å². The van der Waals surface area contributed by atoms with E-state index in [2.05, 4.69) is 11.9 Å². The molecule has 0 unspecified atom stereocenters. The molecule has 1 amide bonds. The van der Waals surface area contributed by atoms with Crippen LogP contribution in [0.15, 0.2) is 114 Å². The van der Waals surface area contributed by atoms with Crippen molar-refractivity contribution in [3.63, 3.8) is 0 Å². The minimum atomic E-state index is -0.726. The SMILES string of the molecule is C=C(C)C(=O)OCCNC(=O)Oc1ccc2ccccc2c1-c1c(OC(=O)c2cccc(SC)c2)ccc2ccccc12. The fourth-order valence-corrected chi connectivity index (χ4v) is 5.11. The van der Waals surface area contributed by atoms with Crippen LogP contribution in [0.5, 0.6) is 11.5 Å². The number of hydrogen-bond donors (Lipinski definition) is 1. The first-order valence-corrected chi connectivity index (χ1v) is 14.8. The van der Waals surface area contributed by atoms with Gasteiger partial charge in [0.05, 0.1) is 12.1 Å². The average molecular weight is 592 g/mol. The van der Waals surface area contributed by atoms with Gasteiger partial charge in [-0.2, -0.15) is 0 Å². The summed E-state index contributed by atoms with van der Waals surface area (Å²) in [5.74, 6) is -0.442. The Morgan fingerprint density at radius 3 is 1.98 bits per heavy atom. The summed E-state index contributed by atoms with van der Waals surface area (Å²) in [7, 11) is 0. The molecule has 0 aromatic heterocycles. The van der Waals surface area contributed by atoms with E-state index in [1.54, 1.807) is 31.2 Å². The van der Waals surface area contributed by atoms with E-state index < -0.39 is 18.0 Å². The standard InChI is InChI=1S/C35H29NO6S/c1-22(2)33(37)40-20-19-36-35(39)42-30-18-16-24-10-5-7-14-28(24)32(30)31-27-13-6-4-9-23(27)15-17-29(31)41-34(38)25-11-8-12-26(21-25)43-3/h4-18,21H,1,19-20H2,2-3H3,(H,36,39). The van der Waals surface area contributed by atoms with Crippen molar-refractivity contribution in [2.45, 2.75) is 11.8 Å². The lowest BCUT2D eigenvalue weighted by atomic mass is 9.92. The van der Waals surface area contributed by atoms with E-state index in [0.29, 0.717) is 22.4 Å². The first-order valence-electron chi connectivity index (χ1n) is 13.5. The fourth-order valence-electron chi connectivity index (χ4n) is 4.65. The second kappa shape index (κ2) is 13.3. The molecule has 43 heavy (non-hydrogen) atoms. The first-order chi connectivity index (χ1) is 20.9. The van der Waals surface area contributed by atoms with Crippen LogP contribution < -0.4 is 14.8 Å². The van der Waals surface area contributed by atoms with Gasteiger partial charge in [-0.05, 0) is 65.1 Å². The molecule has 216 valence electrons. The van der Waals surface area contributed by atoms with Gasteiger partial charge in [0.1, 0.15) is 18.1 Å². The zero-order chi connectivity index (χ0) is 30.3. The molecule has 7 nitrogen and oxygen atoms in total. The number of hydrogen-bond acceptors (Lipinski definition) is 7. The maximum atomic E-state index is 13.4. The van der Waals surface area contributed by atoms with E-state index in [9.17, 15) is 14.4 Å². The number of nitrogens with one attached hydrogen (secondary N) is 1. The molecule has 0 saturated heterocycles. The van der Waals surface area contributed by atoms with Gasteiger partial charge < -0.3 is 19.5 Å². The van der Waals surface area contributed by atoms with E-state index in [-0.39, 0.29) is 24.5 Å². The molecule has 0 atom stereocenters. The van der Waals surface area contributed by atoms with Crippen molar-refractivity contribution >= 4 is 51.3 Å². The molecule has 0 aliphatic heterocycles. The Morgan fingerprint density at radius 1 is 0.767 bits per heavy atom. The molecule has 0 aliphatic rings. The Kier molecular flexibility index (Phi) is 9.08. The Bertz CT molecular complexity index is 1860. The molecule has 0 spiro atoms. The molecule has 0 bridgehead atoms. The zero-order valence-electron chi connectivity index (χ0n) is 23.7. The Labute approximate surface area is 253 Å². The smallest absolute Gasteiger partial charge is 0.412 e. The van der Waals surface area contributed by atoms with Crippen molar-refractivity contribution < 1.29 is 28.6 Å². The highest BCUT2D eigenvalue weighted by Crippen LogP contribution is 2.45. The van der Waals surface area contributed by atoms with Crippen molar-refractivity contribution in [1.29, 1.82) is 0 Å². The van der Waals surface area contributed by atoms with E-state index in [0.717, 1.165) is 26.4 Å². The van der Waals surface area contributed by atoms with Gasteiger partial charge in [0, 0.05) is 21.6 Å². The van der Waals surface area contributed by atoms with Crippen LogP contribution in [0, 0.1) is 0 Å². The predicted molar refractivity (Wildman–Crippen MR) is 170 cm³/mol. The number of fused-ring (bicyclic) bond motifs is 2. The summed E-state index contributed by atoms with van der Waals surface area (Å²) in [6.45, 7) is 5.10. The molecule has 0 fully saturated rings. The highest BCUT2D eigenvalue weighted by atomic mass is 32.2. The lowest BCUT2D eigenvalue weighted by Gasteiger charge is -2.19. The second-order valence-electron chi connectivity index (χ2n) is 9.67. The fraction of sp³-hybridized carbons (Fsp3) is 0.114. The van der Waals surface area contributed by atoms with Crippen LogP contribution in [-0.4, -0.2) is 37.4 Å². The third kappa shape index (κ3) is 6.71. The number of ether oxygens (including phenoxy) is 3. The summed E-state index contributed by atoms with van der Waals surface area (Å²) in [5, 5.41) is 6.07. The van der Waals surface area contributed by atoms with Crippen LogP contribution in [0.1, 0.15) is 17.3 Å². The van der Waals surface area contributed by atoms with Crippen LogP contribution in [0.3, 0.4) is 0 Å². The van der Waals surface area contributed by atoms with Gasteiger partial charge in [-0.3, -0.25) is 0 Å². The van der Waals surface area contributed by atoms with Gasteiger partial charge in [-0.1, -0.05) is 73.3 Å². The average Bonchev–Trinajstić information content (AvgIpc) is 3.03. The minimum absolute atomic E-state index is 0.0352. The molecule has 5 aromatic carbocycles. The quantitative estimate of drug-likeness (QED) is 0.0615. The molecule has 0 heterocycles. The number of carbonyl (C=O) groups excluding carboxylic acids is 3. The lowest BCUT2D eigenvalue weighted by Crippen LogP contribution is -2.30. The van der Waals surface area contributed by atoms with E-state index in [1.807, 2.05) is 79.1 Å². The number of rotatable bonds is 9. The normalized spacial score (nSPS) is 10.7. The summed E-state index contributed by atoms with van der Waals surface area (Å²) in [6, 6.07) is 30.0. The molecule has 0 aliphatic carbocycles. The number of thioether (sulfide) groups is 1. The largest absolute Gasteiger partial charge is 0.460 e. The van der Waals surface area contributed by atoms with Gasteiger partial charge in [0.2, 0.25) is 0 Å². The molecule has 8 heteroatoms. The van der Waals surface area contributed by atoms with Crippen LogP contribution in [0.25, 0.3) is 32.7 Å². The first kappa shape index (κ1) is 29.4. The topological polar surface area (TPSA) is 90.9 Å². The van der Waals surface area contributed by atoms with E-state index in [1.165, 1.54) is 11.8 Å². The third-order valence-electron chi connectivity index (χ3n) is 6.70. The zero-order valence-corrected chi connectivity index (χ0v) is 24.5. The molecular formula is C35H29NO6S. The van der Waals surface area contributed by atoms with Crippen molar-refractivity contribution in [3.8, 4) is 22.6 Å². The van der Waals surface area contributed by atoms with Gasteiger partial charge in [0.15, 0.2) is 0 Å². The Balaban J connectivity index is 1.57. The maximum absolute atomic E-state index is 13.4. The number of esters is 2. The van der Waals surface area contributed by atoms with E-state index in [4.69, 9.17) is 14.2 Å². The molecule has 5 rings (SSSR count). The molecule has 0 radical (unpaired) electrons. The molecule has 0 saturated carbocycles. The number of carbonyl (C=O) groups is 3. The monoisotopic (exact) mass is 591 g/mol.